The van der Waals surface area contributed by atoms with Gasteiger partial charge in [0.2, 0.25) is 11.8 Å². The van der Waals surface area contributed by atoms with Gasteiger partial charge in [0.1, 0.15) is 23.9 Å². The number of hydrazine groups is 1. The highest BCUT2D eigenvalue weighted by molar-refractivity contribution is 6.33. The van der Waals surface area contributed by atoms with Crippen molar-refractivity contribution in [1.29, 1.82) is 0 Å². The van der Waals surface area contributed by atoms with Crippen molar-refractivity contribution in [3.63, 3.8) is 0 Å². The average molecular weight is 762 g/mol. The van der Waals surface area contributed by atoms with Crippen molar-refractivity contribution in [3.8, 4) is 5.75 Å². The topological polar surface area (TPSA) is 120 Å². The number of rotatable bonds is 7. The van der Waals surface area contributed by atoms with Crippen LogP contribution in [0.3, 0.4) is 0 Å². The molecule has 0 spiro atoms. The molecule has 6 atom stereocenters. The minimum Gasteiger partial charge on any atom is -0.491 e. The fourth-order valence-electron chi connectivity index (χ4n) is 8.38. The standard InChI is InChI=1S/C36H30Cl2F4N4O6/c1-35-23(32(49)45(34(35)51)18-5-11-26(39)25(38)15-18)16-22-20(29(35)17-3-6-19(7-4-17)52-14-13-47)8-9-21-28(22)33(50)46(31(21)48)44(2)30-24(37)10-12-27(43-30)36(40,41)42/h3-8,10-12,15,21-23,28-29,47H,9,13-14,16H2,1-2H3. The smallest absolute Gasteiger partial charge is 0.433 e. The highest BCUT2D eigenvalue weighted by atomic mass is 35.5. The zero-order valence-corrected chi connectivity index (χ0v) is 29.0. The molecule has 16 heteroatoms. The Morgan fingerprint density at radius 2 is 1.69 bits per heavy atom. The summed E-state index contributed by atoms with van der Waals surface area (Å²) in [7, 11) is 1.22. The molecule has 0 bridgehead atoms. The summed E-state index contributed by atoms with van der Waals surface area (Å²) < 4.78 is 60.4. The van der Waals surface area contributed by atoms with Gasteiger partial charge in [0.25, 0.3) is 11.8 Å². The van der Waals surface area contributed by atoms with Gasteiger partial charge in [0.15, 0.2) is 5.82 Å². The van der Waals surface area contributed by atoms with Gasteiger partial charge in [-0.3, -0.25) is 24.2 Å². The Kier molecular flexibility index (Phi) is 8.86. The molecule has 2 saturated heterocycles. The van der Waals surface area contributed by atoms with E-state index in [0.717, 1.165) is 27.1 Å². The largest absolute Gasteiger partial charge is 0.491 e. The number of allylic oxidation sites excluding steroid dienone is 2. The lowest BCUT2D eigenvalue weighted by Crippen LogP contribution is -2.49. The van der Waals surface area contributed by atoms with Crippen LogP contribution in [-0.4, -0.2) is 59.0 Å². The monoisotopic (exact) mass is 760 g/mol. The zero-order chi connectivity index (χ0) is 37.4. The predicted octanol–water partition coefficient (Wildman–Crippen LogP) is 6.20. The number of pyridine rings is 1. The van der Waals surface area contributed by atoms with Crippen LogP contribution in [-0.2, 0) is 25.4 Å². The second-order valence-electron chi connectivity index (χ2n) is 13.4. The van der Waals surface area contributed by atoms with E-state index < -0.39 is 82.1 Å². The van der Waals surface area contributed by atoms with E-state index in [-0.39, 0.29) is 41.8 Å². The van der Waals surface area contributed by atoms with Crippen LogP contribution in [0.2, 0.25) is 10.0 Å². The highest BCUT2D eigenvalue weighted by Gasteiger charge is 2.68. The first-order valence-corrected chi connectivity index (χ1v) is 17.1. The number of nitrogens with zero attached hydrogens (tertiary/aromatic N) is 4. The van der Waals surface area contributed by atoms with Gasteiger partial charge >= 0.3 is 6.18 Å². The Labute approximate surface area is 304 Å². The van der Waals surface area contributed by atoms with Crippen molar-refractivity contribution in [2.75, 3.05) is 30.2 Å². The Balaban J connectivity index is 1.31. The maximum atomic E-state index is 14.6. The SMILES string of the molecule is CN(c1nc(C(F)(F)F)ccc1Cl)N1C(=O)C2CC=C3C(CC4C(=O)N(c5ccc(F)c(Cl)c5)C(=O)C4(C)C3c3ccc(OCCO)cc3)C2C1=O. The summed E-state index contributed by atoms with van der Waals surface area (Å²) in [5.41, 5.74) is -1.33. The first-order chi connectivity index (χ1) is 24.6. The molecule has 6 unspecified atom stereocenters. The van der Waals surface area contributed by atoms with Crippen LogP contribution >= 0.6 is 23.2 Å². The third-order valence-corrected chi connectivity index (χ3v) is 11.3. The van der Waals surface area contributed by atoms with E-state index >= 15 is 0 Å². The second kappa shape index (κ2) is 12.8. The molecule has 7 rings (SSSR count). The number of carbonyl (C=O) groups excluding carboxylic acids is 4. The predicted molar refractivity (Wildman–Crippen MR) is 180 cm³/mol. The van der Waals surface area contributed by atoms with E-state index in [9.17, 15) is 41.8 Å². The van der Waals surface area contributed by atoms with E-state index in [0.29, 0.717) is 23.0 Å². The minimum atomic E-state index is -4.82. The number of hydrogen-bond acceptors (Lipinski definition) is 8. The van der Waals surface area contributed by atoms with E-state index in [1.807, 2.05) is 6.08 Å². The molecule has 3 heterocycles. The zero-order valence-electron chi connectivity index (χ0n) is 27.5. The number of ether oxygens (including phenoxy) is 1. The molecule has 272 valence electrons. The Hall–Kier alpha value is -4.53. The summed E-state index contributed by atoms with van der Waals surface area (Å²) in [5, 5.41) is 10.4. The number of anilines is 2. The van der Waals surface area contributed by atoms with Crippen molar-refractivity contribution in [1.82, 2.24) is 9.99 Å². The summed E-state index contributed by atoms with van der Waals surface area (Å²) in [6, 6.07) is 12.0. The van der Waals surface area contributed by atoms with Crippen molar-refractivity contribution >= 4 is 58.3 Å². The molecule has 2 aliphatic heterocycles. The van der Waals surface area contributed by atoms with Crippen LogP contribution in [0.25, 0.3) is 0 Å². The number of fused-ring (bicyclic) bond motifs is 4. The lowest BCUT2D eigenvalue weighted by molar-refractivity contribution is -0.141. The third kappa shape index (κ3) is 5.45. The Bertz CT molecular complexity index is 2050. The molecule has 3 aromatic rings. The van der Waals surface area contributed by atoms with Gasteiger partial charge in [-0.05, 0) is 73.7 Å². The summed E-state index contributed by atoms with van der Waals surface area (Å²) in [6.45, 7) is 1.51. The molecule has 4 amide bonds. The summed E-state index contributed by atoms with van der Waals surface area (Å²) in [4.78, 5) is 61.8. The molecule has 0 radical (unpaired) electrons. The number of halogens is 6. The second-order valence-corrected chi connectivity index (χ2v) is 14.2. The molecule has 2 aliphatic carbocycles. The number of aliphatic hydroxyl groups excluding tert-OH is 1. The van der Waals surface area contributed by atoms with Crippen LogP contribution in [0.1, 0.15) is 36.9 Å². The van der Waals surface area contributed by atoms with Crippen molar-refractivity contribution < 1.29 is 46.6 Å². The summed E-state index contributed by atoms with van der Waals surface area (Å²) >= 11 is 12.3. The van der Waals surface area contributed by atoms with Crippen molar-refractivity contribution in [2.45, 2.75) is 31.9 Å². The van der Waals surface area contributed by atoms with Crippen LogP contribution in [0.15, 0.2) is 66.2 Å². The fraction of sp³-hybridized carbons (Fsp3) is 0.361. The molecular weight excluding hydrogens is 731 g/mol. The molecule has 1 N–H and O–H groups in total. The molecule has 1 saturated carbocycles. The van der Waals surface area contributed by atoms with Crippen LogP contribution in [0, 0.1) is 34.9 Å². The number of alkyl halides is 3. The van der Waals surface area contributed by atoms with Gasteiger partial charge in [0, 0.05) is 13.0 Å². The molecule has 10 nitrogen and oxygen atoms in total. The van der Waals surface area contributed by atoms with Gasteiger partial charge in [-0.1, -0.05) is 47.0 Å². The number of carbonyl (C=O) groups is 4. The van der Waals surface area contributed by atoms with Gasteiger partial charge in [-0.2, -0.15) is 18.2 Å². The first-order valence-electron chi connectivity index (χ1n) is 16.3. The van der Waals surface area contributed by atoms with Gasteiger partial charge in [-0.25, -0.2) is 14.3 Å². The van der Waals surface area contributed by atoms with Crippen molar-refractivity contribution in [3.05, 3.63) is 93.4 Å². The lowest BCUT2D eigenvalue weighted by Gasteiger charge is -2.49. The maximum Gasteiger partial charge on any atom is 0.433 e. The van der Waals surface area contributed by atoms with E-state index in [4.69, 9.17) is 27.9 Å². The Morgan fingerprint density at radius 3 is 2.35 bits per heavy atom. The normalized spacial score (nSPS) is 27.0. The fourth-order valence-corrected chi connectivity index (χ4v) is 8.78. The van der Waals surface area contributed by atoms with E-state index in [1.165, 1.54) is 19.2 Å². The Morgan fingerprint density at radius 1 is 0.981 bits per heavy atom. The molecular formula is C36H30Cl2F4N4O6. The summed E-state index contributed by atoms with van der Waals surface area (Å²) in [5.74, 6) is -7.75. The lowest BCUT2D eigenvalue weighted by atomic mass is 9.51. The molecule has 4 aliphatic rings. The number of hydrogen-bond donors (Lipinski definition) is 1. The van der Waals surface area contributed by atoms with Crippen LogP contribution in [0.5, 0.6) is 5.75 Å². The van der Waals surface area contributed by atoms with E-state index in [1.54, 1.807) is 31.2 Å². The van der Waals surface area contributed by atoms with Gasteiger partial charge in [-0.15, -0.1) is 0 Å². The molecule has 3 fully saturated rings. The first kappa shape index (κ1) is 35.9. The van der Waals surface area contributed by atoms with E-state index in [2.05, 4.69) is 4.98 Å². The van der Waals surface area contributed by atoms with Gasteiger partial charge in [0.05, 0.1) is 45.5 Å². The van der Waals surface area contributed by atoms with Crippen LogP contribution in [0.4, 0.5) is 29.1 Å². The van der Waals surface area contributed by atoms with Gasteiger partial charge < -0.3 is 9.84 Å². The van der Waals surface area contributed by atoms with Crippen LogP contribution < -0.4 is 14.6 Å². The quantitative estimate of drug-likeness (QED) is 0.172. The number of benzene rings is 2. The maximum absolute atomic E-state index is 14.6. The molecule has 1 aromatic heterocycles. The summed E-state index contributed by atoms with van der Waals surface area (Å²) in [6.07, 6.45) is -2.94. The van der Waals surface area contributed by atoms with Crippen molar-refractivity contribution in [2.24, 2.45) is 29.1 Å². The molecule has 52 heavy (non-hydrogen) atoms. The average Bonchev–Trinajstić information content (AvgIpc) is 3.47. The number of amides is 4. The highest BCUT2D eigenvalue weighted by Crippen LogP contribution is 2.63. The molecule has 2 aromatic carbocycles. The minimum absolute atomic E-state index is 0.00711. The third-order valence-electron chi connectivity index (χ3n) is 10.7. The number of aromatic nitrogens is 1. The number of imide groups is 2. The number of aliphatic hydroxyl groups is 1.